The molecule has 1 N–H and O–H groups in total. The summed E-state index contributed by atoms with van der Waals surface area (Å²) in [6, 6.07) is 12.2. The molecular formula is C21H29N3O2. The normalized spacial score (nSPS) is 15.8. The van der Waals surface area contributed by atoms with E-state index < -0.39 is 0 Å². The largest absolute Gasteiger partial charge is 0.494 e. The highest BCUT2D eigenvalue weighted by atomic mass is 16.5. The van der Waals surface area contributed by atoms with Crippen LogP contribution in [0.5, 0.6) is 5.75 Å². The molecule has 1 saturated heterocycles. The quantitative estimate of drug-likeness (QED) is 0.792. The van der Waals surface area contributed by atoms with E-state index in [4.69, 9.17) is 4.74 Å². The van der Waals surface area contributed by atoms with Gasteiger partial charge < -0.3 is 14.6 Å². The third kappa shape index (κ3) is 4.67. The number of nitrogens with one attached hydrogen (secondary N) is 1. The molecule has 0 radical (unpaired) electrons. The number of carbonyl (C=O) groups is 1. The Balaban J connectivity index is 1.58. The van der Waals surface area contributed by atoms with Crippen molar-refractivity contribution in [3.63, 3.8) is 0 Å². The maximum absolute atomic E-state index is 12.4. The summed E-state index contributed by atoms with van der Waals surface area (Å²) in [4.78, 5) is 14.9. The zero-order chi connectivity index (χ0) is 18.4. The Hall–Kier alpha value is -2.27. The third-order valence-corrected chi connectivity index (χ3v) is 5.00. The number of likely N-dealkylation sites (tertiary alicyclic amines) is 1. The predicted octanol–water partition coefficient (Wildman–Crippen LogP) is 2.92. The maximum Gasteiger partial charge on any atom is 0.224 e. The van der Waals surface area contributed by atoms with Gasteiger partial charge in [-0.1, -0.05) is 12.1 Å². The molecule has 26 heavy (non-hydrogen) atoms. The van der Waals surface area contributed by atoms with Crippen molar-refractivity contribution in [3.8, 4) is 5.75 Å². The average Bonchev–Trinajstić information content (AvgIpc) is 3.30. The van der Waals surface area contributed by atoms with Gasteiger partial charge in [0.2, 0.25) is 5.91 Å². The van der Waals surface area contributed by atoms with E-state index in [9.17, 15) is 4.79 Å². The van der Waals surface area contributed by atoms with Crippen LogP contribution in [0, 0.1) is 0 Å². The molecule has 3 rings (SSSR count). The van der Waals surface area contributed by atoms with E-state index in [1.807, 2.05) is 31.2 Å². The zero-order valence-corrected chi connectivity index (χ0v) is 15.8. The molecule has 1 fully saturated rings. The third-order valence-electron chi connectivity index (χ3n) is 5.00. The van der Waals surface area contributed by atoms with Crippen LogP contribution >= 0.6 is 0 Å². The minimum absolute atomic E-state index is 0.0626. The molecule has 1 aromatic heterocycles. The Kier molecular flexibility index (Phi) is 6.34. The molecule has 1 aliphatic heterocycles. The number of nitrogens with zero attached hydrogens (tertiary/aromatic N) is 2. The lowest BCUT2D eigenvalue weighted by molar-refractivity contribution is -0.120. The number of rotatable bonds is 8. The van der Waals surface area contributed by atoms with Crippen molar-refractivity contribution in [3.05, 3.63) is 53.9 Å². The summed E-state index contributed by atoms with van der Waals surface area (Å²) in [5.41, 5.74) is 2.26. The van der Waals surface area contributed by atoms with Gasteiger partial charge in [0.25, 0.3) is 0 Å². The Morgan fingerprint density at radius 1 is 1.19 bits per heavy atom. The molecule has 0 saturated carbocycles. The first-order valence-corrected chi connectivity index (χ1v) is 9.51. The molecular weight excluding hydrogens is 326 g/mol. The molecule has 1 aliphatic rings. The molecule has 0 spiro atoms. The van der Waals surface area contributed by atoms with Crippen molar-refractivity contribution in [2.24, 2.45) is 7.05 Å². The number of amides is 1. The summed E-state index contributed by atoms with van der Waals surface area (Å²) in [7, 11) is 2.07. The van der Waals surface area contributed by atoms with E-state index in [0.717, 1.165) is 24.4 Å². The maximum atomic E-state index is 12.4. The summed E-state index contributed by atoms with van der Waals surface area (Å²) in [6.07, 6.45) is 4.94. The number of ether oxygens (including phenoxy) is 1. The molecule has 0 aliphatic carbocycles. The molecule has 2 heterocycles. The zero-order valence-electron chi connectivity index (χ0n) is 15.8. The molecule has 1 atom stereocenters. The van der Waals surface area contributed by atoms with Gasteiger partial charge in [-0.3, -0.25) is 9.69 Å². The Morgan fingerprint density at radius 3 is 2.54 bits per heavy atom. The van der Waals surface area contributed by atoms with Crippen molar-refractivity contribution in [1.29, 1.82) is 0 Å². The fourth-order valence-electron chi connectivity index (χ4n) is 3.62. The number of benzene rings is 1. The highest BCUT2D eigenvalue weighted by molar-refractivity contribution is 5.78. The lowest BCUT2D eigenvalue weighted by atomic mass is 10.1. The van der Waals surface area contributed by atoms with Crippen LogP contribution in [0.2, 0.25) is 0 Å². The monoisotopic (exact) mass is 355 g/mol. The summed E-state index contributed by atoms with van der Waals surface area (Å²) >= 11 is 0. The molecule has 5 nitrogen and oxygen atoms in total. The molecule has 1 amide bonds. The van der Waals surface area contributed by atoms with Crippen LogP contribution in [0.3, 0.4) is 0 Å². The standard InChI is InChI=1S/C21H29N3O2/c1-3-26-18-10-8-17(9-11-18)15-21(25)22-16-20(24-13-4-5-14-24)19-7-6-12-23(19)2/h6-12,20H,3-5,13-16H2,1-2H3,(H,22,25). The van der Waals surface area contributed by atoms with Crippen molar-refractivity contribution >= 4 is 5.91 Å². The van der Waals surface area contributed by atoms with Crippen molar-refractivity contribution in [2.45, 2.75) is 32.2 Å². The molecule has 1 unspecified atom stereocenters. The van der Waals surface area contributed by atoms with E-state index in [1.165, 1.54) is 18.5 Å². The van der Waals surface area contributed by atoms with Gasteiger partial charge in [-0.25, -0.2) is 0 Å². The lowest BCUT2D eigenvalue weighted by Gasteiger charge is -2.28. The van der Waals surface area contributed by atoms with Gasteiger partial charge in [0.05, 0.1) is 19.1 Å². The second-order valence-corrected chi connectivity index (χ2v) is 6.86. The van der Waals surface area contributed by atoms with Gasteiger partial charge in [0.1, 0.15) is 5.75 Å². The first kappa shape index (κ1) is 18.5. The van der Waals surface area contributed by atoms with Crippen molar-refractivity contribution in [1.82, 2.24) is 14.8 Å². The average molecular weight is 355 g/mol. The van der Waals surface area contributed by atoms with Crippen LogP contribution in [0.25, 0.3) is 0 Å². The molecule has 0 bridgehead atoms. The summed E-state index contributed by atoms with van der Waals surface area (Å²) < 4.78 is 7.60. The number of hydrogen-bond donors (Lipinski definition) is 1. The minimum atomic E-state index is 0.0626. The highest BCUT2D eigenvalue weighted by Gasteiger charge is 2.25. The van der Waals surface area contributed by atoms with Gasteiger partial charge in [-0.2, -0.15) is 0 Å². The molecule has 140 valence electrons. The molecule has 1 aromatic carbocycles. The van der Waals surface area contributed by atoms with Gasteiger partial charge in [-0.15, -0.1) is 0 Å². The van der Waals surface area contributed by atoms with E-state index in [2.05, 4.69) is 40.2 Å². The van der Waals surface area contributed by atoms with Crippen LogP contribution < -0.4 is 10.1 Å². The first-order valence-electron chi connectivity index (χ1n) is 9.51. The molecule has 5 heteroatoms. The fourth-order valence-corrected chi connectivity index (χ4v) is 3.62. The van der Waals surface area contributed by atoms with Crippen LogP contribution in [0.4, 0.5) is 0 Å². The van der Waals surface area contributed by atoms with E-state index in [0.29, 0.717) is 19.6 Å². The van der Waals surface area contributed by atoms with Crippen LogP contribution in [0.1, 0.15) is 37.1 Å². The van der Waals surface area contributed by atoms with Gasteiger partial charge in [-0.05, 0) is 62.7 Å². The summed E-state index contributed by atoms with van der Waals surface area (Å²) in [5, 5.41) is 3.14. The number of hydrogen-bond acceptors (Lipinski definition) is 3. The second-order valence-electron chi connectivity index (χ2n) is 6.86. The van der Waals surface area contributed by atoms with E-state index in [1.54, 1.807) is 0 Å². The first-order chi connectivity index (χ1) is 12.7. The van der Waals surface area contributed by atoms with Crippen LogP contribution in [-0.2, 0) is 18.3 Å². The summed E-state index contributed by atoms with van der Waals surface area (Å²) in [5.74, 6) is 0.905. The van der Waals surface area contributed by atoms with Crippen molar-refractivity contribution in [2.75, 3.05) is 26.2 Å². The SMILES string of the molecule is CCOc1ccc(CC(=O)NCC(c2cccn2C)N2CCCC2)cc1. The van der Waals surface area contributed by atoms with E-state index >= 15 is 0 Å². The Morgan fingerprint density at radius 2 is 1.92 bits per heavy atom. The van der Waals surface area contributed by atoms with E-state index in [-0.39, 0.29) is 11.9 Å². The van der Waals surface area contributed by atoms with Crippen LogP contribution in [0.15, 0.2) is 42.6 Å². The summed E-state index contributed by atoms with van der Waals surface area (Å²) in [6.45, 7) is 5.46. The topological polar surface area (TPSA) is 46.5 Å². The predicted molar refractivity (Wildman–Crippen MR) is 103 cm³/mol. The minimum Gasteiger partial charge on any atom is -0.494 e. The van der Waals surface area contributed by atoms with Gasteiger partial charge >= 0.3 is 0 Å². The number of aromatic nitrogens is 1. The lowest BCUT2D eigenvalue weighted by Crippen LogP contribution is -2.38. The fraction of sp³-hybridized carbons (Fsp3) is 0.476. The smallest absolute Gasteiger partial charge is 0.224 e. The molecule has 2 aromatic rings. The highest BCUT2D eigenvalue weighted by Crippen LogP contribution is 2.24. The van der Waals surface area contributed by atoms with Crippen LogP contribution in [-0.4, -0.2) is 41.6 Å². The van der Waals surface area contributed by atoms with Gasteiger partial charge in [0.15, 0.2) is 0 Å². The Labute approximate surface area is 156 Å². The number of aryl methyl sites for hydroxylation is 1. The second kappa shape index (κ2) is 8.90. The van der Waals surface area contributed by atoms with Crippen molar-refractivity contribution < 1.29 is 9.53 Å². The Bertz CT molecular complexity index is 702. The number of carbonyl (C=O) groups excluding carboxylic acids is 1. The van der Waals surface area contributed by atoms with Gasteiger partial charge in [0, 0.05) is 25.5 Å².